The maximum absolute atomic E-state index is 13.1. The molecule has 2 N–H and O–H groups in total. The summed E-state index contributed by atoms with van der Waals surface area (Å²) in [6, 6.07) is 6.62. The summed E-state index contributed by atoms with van der Waals surface area (Å²) >= 11 is 2.77. The van der Waals surface area contributed by atoms with E-state index >= 15 is 0 Å². The molecule has 1 aromatic heterocycles. The van der Waals surface area contributed by atoms with Gasteiger partial charge in [0.15, 0.2) is 10.0 Å². The predicted molar refractivity (Wildman–Crippen MR) is 107 cm³/mol. The highest BCUT2D eigenvalue weighted by molar-refractivity contribution is 8.01. The molecule has 1 saturated heterocycles. The van der Waals surface area contributed by atoms with Crippen LogP contribution in [0.4, 0.5) is 4.39 Å². The lowest BCUT2D eigenvalue weighted by Gasteiger charge is -2.26. The van der Waals surface area contributed by atoms with Crippen LogP contribution in [0.1, 0.15) is 41.9 Å². The fraction of sp³-hybridized carbons (Fsp3) is 0.421. The number of halogens is 1. The van der Waals surface area contributed by atoms with Crippen LogP contribution in [0.15, 0.2) is 34.0 Å². The third-order valence-corrected chi connectivity index (χ3v) is 6.74. The minimum atomic E-state index is -1.03. The van der Waals surface area contributed by atoms with Gasteiger partial charge in [0.05, 0.1) is 0 Å². The average molecular weight is 424 g/mol. The molecule has 2 aromatic rings. The fourth-order valence-corrected chi connectivity index (χ4v) is 4.96. The molecule has 28 heavy (non-hydrogen) atoms. The number of rotatable bonds is 9. The molecule has 0 radical (unpaired) electrons. The van der Waals surface area contributed by atoms with Crippen LogP contribution >= 0.6 is 23.1 Å². The Hall–Kier alpha value is -1.97. The number of benzene rings is 1. The number of likely N-dealkylation sites (tertiary alicyclic amines) is 1. The second-order valence-corrected chi connectivity index (χ2v) is 8.81. The van der Waals surface area contributed by atoms with Crippen LogP contribution in [0.3, 0.4) is 0 Å². The van der Waals surface area contributed by atoms with Crippen LogP contribution in [0, 0.1) is 5.82 Å². The van der Waals surface area contributed by atoms with Crippen LogP contribution in [0.25, 0.3) is 0 Å². The summed E-state index contributed by atoms with van der Waals surface area (Å²) in [6.07, 6.45) is 1.36. The molecular formula is C19H22FN3O3S2. The van der Waals surface area contributed by atoms with Crippen molar-refractivity contribution in [3.63, 3.8) is 0 Å². The van der Waals surface area contributed by atoms with Gasteiger partial charge in [-0.2, -0.15) is 0 Å². The quantitative estimate of drug-likeness (QED) is 0.602. The Balaban J connectivity index is 1.48. The summed E-state index contributed by atoms with van der Waals surface area (Å²) in [5, 5.41) is 13.9. The molecule has 1 unspecified atom stereocenters. The number of aromatic carboxylic acids is 1. The molecule has 1 amide bonds. The number of carboxylic acid groups (broad SMARTS) is 1. The van der Waals surface area contributed by atoms with Gasteiger partial charge in [0.25, 0.3) is 0 Å². The van der Waals surface area contributed by atoms with E-state index in [2.05, 4.69) is 10.3 Å². The standard InChI is InChI=1S/C19H22FN3O3S2/c1-12(13-2-4-14(20)5-3-13)21-10-15-6-7-17(24)23(15)8-9-27-19-22-16(11-28-19)18(25)26/h2-5,11-12,15,21H,6-10H2,1H3,(H,25,26)/t12?,15-/m1/s1. The maximum atomic E-state index is 13.1. The zero-order valence-electron chi connectivity index (χ0n) is 15.4. The van der Waals surface area contributed by atoms with Gasteiger partial charge in [0, 0.05) is 42.7 Å². The first kappa shape index (κ1) is 20.8. The second-order valence-electron chi connectivity index (χ2n) is 6.61. The average Bonchev–Trinajstić information content (AvgIpc) is 3.28. The van der Waals surface area contributed by atoms with Crippen molar-refractivity contribution in [3.05, 3.63) is 46.7 Å². The van der Waals surface area contributed by atoms with Crippen LogP contribution in [0.2, 0.25) is 0 Å². The highest BCUT2D eigenvalue weighted by atomic mass is 32.2. The molecular weight excluding hydrogens is 401 g/mol. The van der Waals surface area contributed by atoms with E-state index in [0.717, 1.165) is 12.0 Å². The first-order valence-corrected chi connectivity index (χ1v) is 10.9. The summed E-state index contributed by atoms with van der Waals surface area (Å²) in [5.74, 6) is -0.467. The molecule has 0 aliphatic carbocycles. The van der Waals surface area contributed by atoms with Crippen molar-refractivity contribution in [3.8, 4) is 0 Å². The van der Waals surface area contributed by atoms with E-state index < -0.39 is 5.97 Å². The largest absolute Gasteiger partial charge is 0.476 e. The van der Waals surface area contributed by atoms with E-state index in [0.29, 0.717) is 29.6 Å². The van der Waals surface area contributed by atoms with Crippen molar-refractivity contribution in [1.29, 1.82) is 0 Å². The highest BCUT2D eigenvalue weighted by Crippen LogP contribution is 2.25. The van der Waals surface area contributed by atoms with Gasteiger partial charge in [-0.05, 0) is 31.0 Å². The van der Waals surface area contributed by atoms with Gasteiger partial charge < -0.3 is 15.3 Å². The van der Waals surface area contributed by atoms with Gasteiger partial charge in [-0.25, -0.2) is 14.2 Å². The van der Waals surface area contributed by atoms with Gasteiger partial charge in [-0.3, -0.25) is 4.79 Å². The summed E-state index contributed by atoms with van der Waals surface area (Å²) in [4.78, 5) is 29.1. The third kappa shape index (κ3) is 5.30. The molecule has 2 heterocycles. The molecule has 0 spiro atoms. The van der Waals surface area contributed by atoms with Gasteiger partial charge in [0.1, 0.15) is 5.82 Å². The lowest BCUT2D eigenvalue weighted by atomic mass is 10.1. The minimum absolute atomic E-state index is 0.0570. The Morgan fingerprint density at radius 3 is 2.89 bits per heavy atom. The number of carbonyl (C=O) groups excluding carboxylic acids is 1. The van der Waals surface area contributed by atoms with E-state index in [1.807, 2.05) is 11.8 Å². The number of thiazole rings is 1. The number of nitrogens with one attached hydrogen (secondary N) is 1. The van der Waals surface area contributed by atoms with Crippen LogP contribution < -0.4 is 5.32 Å². The first-order valence-electron chi connectivity index (χ1n) is 9.04. The molecule has 6 nitrogen and oxygen atoms in total. The van der Waals surface area contributed by atoms with Crippen LogP contribution in [0.5, 0.6) is 0 Å². The zero-order valence-corrected chi connectivity index (χ0v) is 17.1. The van der Waals surface area contributed by atoms with Gasteiger partial charge >= 0.3 is 5.97 Å². The fourth-order valence-electron chi connectivity index (χ4n) is 3.15. The Kier molecular flexibility index (Phi) is 7.03. The van der Waals surface area contributed by atoms with Gasteiger partial charge in [0.2, 0.25) is 5.91 Å². The molecule has 0 bridgehead atoms. The molecule has 3 rings (SSSR count). The number of aromatic nitrogens is 1. The maximum Gasteiger partial charge on any atom is 0.355 e. The smallest absolute Gasteiger partial charge is 0.355 e. The van der Waals surface area contributed by atoms with Crippen molar-refractivity contribution >= 4 is 35.0 Å². The van der Waals surface area contributed by atoms with E-state index in [1.165, 1.54) is 40.6 Å². The monoisotopic (exact) mass is 423 g/mol. The molecule has 1 aromatic carbocycles. The normalized spacial score (nSPS) is 17.9. The molecule has 150 valence electrons. The topological polar surface area (TPSA) is 82.5 Å². The van der Waals surface area contributed by atoms with E-state index in [9.17, 15) is 14.0 Å². The Morgan fingerprint density at radius 1 is 1.46 bits per heavy atom. The number of hydrogen-bond donors (Lipinski definition) is 2. The molecule has 9 heteroatoms. The van der Waals surface area contributed by atoms with Crippen LogP contribution in [-0.2, 0) is 4.79 Å². The predicted octanol–water partition coefficient (Wildman–Crippen LogP) is 3.41. The number of nitrogens with zero attached hydrogens (tertiary/aromatic N) is 2. The molecule has 1 aliphatic heterocycles. The number of carbonyl (C=O) groups is 2. The second kappa shape index (κ2) is 9.49. The third-order valence-electron chi connectivity index (χ3n) is 4.74. The van der Waals surface area contributed by atoms with E-state index in [4.69, 9.17) is 5.11 Å². The van der Waals surface area contributed by atoms with Crippen molar-refractivity contribution in [2.75, 3.05) is 18.8 Å². The van der Waals surface area contributed by atoms with E-state index in [-0.39, 0.29) is 29.5 Å². The van der Waals surface area contributed by atoms with Crippen molar-refractivity contribution < 1.29 is 19.1 Å². The molecule has 1 aliphatic rings. The lowest BCUT2D eigenvalue weighted by molar-refractivity contribution is -0.128. The van der Waals surface area contributed by atoms with Gasteiger partial charge in [-0.1, -0.05) is 23.9 Å². The highest BCUT2D eigenvalue weighted by Gasteiger charge is 2.30. The Labute approximate surface area is 171 Å². The minimum Gasteiger partial charge on any atom is -0.476 e. The first-order chi connectivity index (χ1) is 13.4. The Bertz CT molecular complexity index is 828. The van der Waals surface area contributed by atoms with Crippen molar-refractivity contribution in [1.82, 2.24) is 15.2 Å². The summed E-state index contributed by atoms with van der Waals surface area (Å²) in [5.41, 5.74) is 1.06. The zero-order chi connectivity index (χ0) is 20.1. The summed E-state index contributed by atoms with van der Waals surface area (Å²) in [7, 11) is 0. The SMILES string of the molecule is CC(NC[C@H]1CCC(=O)N1CCSc1nc(C(=O)O)cs1)c1ccc(F)cc1. The van der Waals surface area contributed by atoms with Crippen LogP contribution in [-0.4, -0.2) is 51.8 Å². The number of amides is 1. The molecule has 1 fully saturated rings. The van der Waals surface area contributed by atoms with E-state index in [1.54, 1.807) is 12.1 Å². The number of thioether (sulfide) groups is 1. The molecule has 0 saturated carbocycles. The van der Waals surface area contributed by atoms with Gasteiger partial charge in [-0.15, -0.1) is 11.3 Å². The van der Waals surface area contributed by atoms with Crippen molar-refractivity contribution in [2.45, 2.75) is 36.2 Å². The number of carboxylic acids is 1. The molecule has 2 atom stereocenters. The lowest BCUT2D eigenvalue weighted by Crippen LogP contribution is -2.41. The summed E-state index contributed by atoms with van der Waals surface area (Å²) < 4.78 is 13.8. The summed E-state index contributed by atoms with van der Waals surface area (Å²) in [6.45, 7) is 3.30. The number of hydrogen-bond acceptors (Lipinski definition) is 6. The Morgan fingerprint density at radius 2 is 2.21 bits per heavy atom. The van der Waals surface area contributed by atoms with Crippen molar-refractivity contribution in [2.24, 2.45) is 0 Å².